The maximum absolute atomic E-state index is 12.0. The lowest BCUT2D eigenvalue weighted by atomic mass is 10.2. The van der Waals surface area contributed by atoms with Gasteiger partial charge in [-0.3, -0.25) is 14.9 Å². The summed E-state index contributed by atoms with van der Waals surface area (Å²) in [5.41, 5.74) is 0.0304. The summed E-state index contributed by atoms with van der Waals surface area (Å²) in [7, 11) is 0. The number of aryl methyl sites for hydroxylation is 1. The van der Waals surface area contributed by atoms with E-state index in [0.29, 0.717) is 17.4 Å². The first kappa shape index (κ1) is 17.1. The van der Waals surface area contributed by atoms with E-state index in [1.165, 1.54) is 29.5 Å². The molecule has 0 aliphatic heterocycles. The van der Waals surface area contributed by atoms with Crippen molar-refractivity contribution >= 4 is 40.2 Å². The quantitative estimate of drug-likeness (QED) is 0.513. The third-order valence-electron chi connectivity index (χ3n) is 3.20. The molecule has 0 atom stereocenters. The number of hydrogen-bond acceptors (Lipinski definition) is 7. The van der Waals surface area contributed by atoms with Crippen molar-refractivity contribution in [2.45, 2.75) is 12.8 Å². The maximum Gasteiger partial charge on any atom is 0.289 e. The molecular formula is C15H11ClN4O4S. The zero-order valence-electron chi connectivity index (χ0n) is 12.6. The molecule has 0 radical (unpaired) electrons. The van der Waals surface area contributed by atoms with Gasteiger partial charge in [0.1, 0.15) is 5.02 Å². The molecule has 3 aromatic rings. The van der Waals surface area contributed by atoms with E-state index in [0.717, 1.165) is 4.88 Å². The molecule has 0 fully saturated rings. The lowest BCUT2D eigenvalue weighted by Gasteiger charge is -2.04. The van der Waals surface area contributed by atoms with Crippen molar-refractivity contribution in [3.05, 3.63) is 56.7 Å². The summed E-state index contributed by atoms with van der Waals surface area (Å²) in [5, 5.41) is 19.2. The number of rotatable bonds is 6. The maximum atomic E-state index is 12.0. The molecule has 10 heteroatoms. The molecule has 1 aromatic carbocycles. The van der Waals surface area contributed by atoms with E-state index in [9.17, 15) is 14.9 Å². The van der Waals surface area contributed by atoms with Gasteiger partial charge in [-0.25, -0.2) is 0 Å². The van der Waals surface area contributed by atoms with Crippen LogP contribution in [0.4, 0.5) is 11.4 Å². The van der Waals surface area contributed by atoms with Crippen LogP contribution in [0, 0.1) is 10.1 Å². The first-order chi connectivity index (χ1) is 12.0. The van der Waals surface area contributed by atoms with Crippen LogP contribution in [0.3, 0.4) is 0 Å². The van der Waals surface area contributed by atoms with E-state index in [1.54, 1.807) is 0 Å². The lowest BCUT2D eigenvalue weighted by molar-refractivity contribution is -0.384. The van der Waals surface area contributed by atoms with Crippen LogP contribution >= 0.6 is 22.9 Å². The molecule has 2 aromatic heterocycles. The number of thiophene rings is 1. The van der Waals surface area contributed by atoms with Crippen LogP contribution in [0.5, 0.6) is 0 Å². The molecule has 0 spiro atoms. The van der Waals surface area contributed by atoms with Gasteiger partial charge in [-0.15, -0.1) is 11.3 Å². The first-order valence-electron chi connectivity index (χ1n) is 7.13. The van der Waals surface area contributed by atoms with Gasteiger partial charge >= 0.3 is 0 Å². The Bertz CT molecular complexity index is 910. The van der Waals surface area contributed by atoms with E-state index in [4.69, 9.17) is 16.1 Å². The second-order valence-electron chi connectivity index (χ2n) is 4.96. The molecule has 1 N–H and O–H groups in total. The molecule has 3 rings (SSSR count). The smallest absolute Gasteiger partial charge is 0.289 e. The highest BCUT2D eigenvalue weighted by molar-refractivity contribution is 7.13. The summed E-state index contributed by atoms with van der Waals surface area (Å²) in [4.78, 5) is 27.3. The van der Waals surface area contributed by atoms with Crippen LogP contribution in [0.1, 0.15) is 12.3 Å². The Morgan fingerprint density at radius 2 is 2.24 bits per heavy atom. The van der Waals surface area contributed by atoms with Crippen LogP contribution in [-0.4, -0.2) is 21.0 Å². The predicted molar refractivity (Wildman–Crippen MR) is 92.7 cm³/mol. The van der Waals surface area contributed by atoms with Gasteiger partial charge in [0, 0.05) is 24.6 Å². The van der Waals surface area contributed by atoms with Crippen LogP contribution in [-0.2, 0) is 11.2 Å². The van der Waals surface area contributed by atoms with Crippen LogP contribution < -0.4 is 5.32 Å². The van der Waals surface area contributed by atoms with Crippen molar-refractivity contribution in [3.63, 3.8) is 0 Å². The van der Waals surface area contributed by atoms with Crippen molar-refractivity contribution in [2.24, 2.45) is 0 Å². The molecule has 128 valence electrons. The van der Waals surface area contributed by atoms with E-state index in [-0.39, 0.29) is 29.5 Å². The van der Waals surface area contributed by atoms with E-state index in [2.05, 4.69) is 15.5 Å². The van der Waals surface area contributed by atoms with Crippen molar-refractivity contribution < 1.29 is 14.2 Å². The van der Waals surface area contributed by atoms with Crippen molar-refractivity contribution in [1.82, 2.24) is 10.1 Å². The Hall–Kier alpha value is -2.78. The monoisotopic (exact) mass is 378 g/mol. The Kier molecular flexibility index (Phi) is 5.05. The minimum absolute atomic E-state index is 0.00923. The Morgan fingerprint density at radius 1 is 1.40 bits per heavy atom. The SMILES string of the molecule is O=C(CCc1nc(-c2cccs2)no1)Nc1ccc(Cl)c([N+](=O)[O-])c1. The average Bonchev–Trinajstić information content (AvgIpc) is 3.25. The fourth-order valence-corrected chi connectivity index (χ4v) is 2.87. The highest BCUT2D eigenvalue weighted by Crippen LogP contribution is 2.27. The number of amides is 1. The topological polar surface area (TPSA) is 111 Å². The normalized spacial score (nSPS) is 10.6. The van der Waals surface area contributed by atoms with Gasteiger partial charge in [0.15, 0.2) is 0 Å². The molecular weight excluding hydrogens is 368 g/mol. The second-order valence-corrected chi connectivity index (χ2v) is 6.32. The summed E-state index contributed by atoms with van der Waals surface area (Å²) >= 11 is 7.22. The van der Waals surface area contributed by atoms with Gasteiger partial charge < -0.3 is 9.84 Å². The highest BCUT2D eigenvalue weighted by Gasteiger charge is 2.15. The number of nitro benzene ring substituents is 1. The first-order valence-corrected chi connectivity index (χ1v) is 8.39. The fraction of sp³-hybridized carbons (Fsp3) is 0.133. The summed E-state index contributed by atoms with van der Waals surface area (Å²) in [6.45, 7) is 0. The molecule has 2 heterocycles. The lowest BCUT2D eigenvalue weighted by Crippen LogP contribution is -2.12. The number of benzene rings is 1. The summed E-state index contributed by atoms with van der Waals surface area (Å²) < 4.78 is 5.11. The molecule has 0 saturated heterocycles. The third-order valence-corrected chi connectivity index (χ3v) is 4.39. The molecule has 0 saturated carbocycles. The van der Waals surface area contributed by atoms with Crippen LogP contribution in [0.2, 0.25) is 5.02 Å². The molecule has 0 unspecified atom stereocenters. The summed E-state index contributed by atoms with van der Waals surface area (Å²) in [6, 6.07) is 7.82. The van der Waals surface area contributed by atoms with Gasteiger partial charge in [-0.2, -0.15) is 4.98 Å². The van der Waals surface area contributed by atoms with Gasteiger partial charge in [0.25, 0.3) is 5.69 Å². The van der Waals surface area contributed by atoms with Crippen molar-refractivity contribution in [1.29, 1.82) is 0 Å². The third kappa shape index (κ3) is 4.20. The zero-order valence-corrected chi connectivity index (χ0v) is 14.2. The number of carbonyl (C=O) groups excluding carboxylic acids is 1. The molecule has 0 aliphatic carbocycles. The summed E-state index contributed by atoms with van der Waals surface area (Å²) in [5.74, 6) is 0.506. The van der Waals surface area contributed by atoms with Gasteiger partial charge in [0.2, 0.25) is 17.6 Å². The second kappa shape index (κ2) is 7.41. The van der Waals surface area contributed by atoms with E-state index >= 15 is 0 Å². The zero-order chi connectivity index (χ0) is 17.8. The summed E-state index contributed by atoms with van der Waals surface area (Å²) in [6.07, 6.45) is 0.363. The number of aromatic nitrogens is 2. The molecule has 0 aliphatic rings. The number of hydrogen-bond donors (Lipinski definition) is 1. The van der Waals surface area contributed by atoms with E-state index in [1.807, 2.05) is 17.5 Å². The van der Waals surface area contributed by atoms with Crippen molar-refractivity contribution in [2.75, 3.05) is 5.32 Å². The fourth-order valence-electron chi connectivity index (χ4n) is 2.04. The Labute approximate surface area is 150 Å². The average molecular weight is 379 g/mol. The number of halogens is 1. The number of nitrogens with one attached hydrogen (secondary N) is 1. The molecule has 8 nitrogen and oxygen atoms in total. The van der Waals surface area contributed by atoms with Crippen LogP contribution in [0.25, 0.3) is 10.7 Å². The molecule has 0 bridgehead atoms. The van der Waals surface area contributed by atoms with Gasteiger partial charge in [-0.05, 0) is 23.6 Å². The number of carbonyl (C=O) groups is 1. The highest BCUT2D eigenvalue weighted by atomic mass is 35.5. The van der Waals surface area contributed by atoms with Gasteiger partial charge in [0.05, 0.1) is 9.80 Å². The molecule has 25 heavy (non-hydrogen) atoms. The van der Waals surface area contributed by atoms with Gasteiger partial charge in [-0.1, -0.05) is 22.8 Å². The predicted octanol–water partition coefficient (Wildman–Crippen LogP) is 3.93. The Balaban J connectivity index is 1.58. The largest absolute Gasteiger partial charge is 0.339 e. The number of nitro groups is 1. The van der Waals surface area contributed by atoms with E-state index < -0.39 is 4.92 Å². The molecule has 1 amide bonds. The van der Waals surface area contributed by atoms with Crippen molar-refractivity contribution in [3.8, 4) is 10.7 Å². The minimum atomic E-state index is -0.609. The number of anilines is 1. The minimum Gasteiger partial charge on any atom is -0.339 e. The van der Waals surface area contributed by atoms with Crippen LogP contribution in [0.15, 0.2) is 40.2 Å². The number of nitrogens with zero attached hydrogens (tertiary/aromatic N) is 3. The standard InChI is InChI=1S/C15H11ClN4O4S/c16-10-4-3-9(8-11(10)20(22)23)17-13(21)5-6-14-18-15(19-24-14)12-2-1-7-25-12/h1-4,7-8H,5-6H2,(H,17,21). The Morgan fingerprint density at radius 3 is 2.96 bits per heavy atom.